The number of aliphatic carboxylic acids is 1. The number of rotatable bonds is 7. The van der Waals surface area contributed by atoms with Crippen LogP contribution in [0, 0.1) is 13.8 Å². The van der Waals surface area contributed by atoms with E-state index in [1.54, 1.807) is 36.4 Å². The van der Waals surface area contributed by atoms with Crippen molar-refractivity contribution in [3.8, 4) is 0 Å². The summed E-state index contributed by atoms with van der Waals surface area (Å²) in [5.74, 6) is -3.28. The molecule has 0 aliphatic heterocycles. The number of carbonyl (C=O) groups excluding carboxylic acids is 1. The van der Waals surface area contributed by atoms with Crippen LogP contribution in [0.3, 0.4) is 0 Å². The zero-order valence-electron chi connectivity index (χ0n) is 18.3. The number of nitrogens with zero attached hydrogens (tertiary/aromatic N) is 1. The monoisotopic (exact) mass is 455 g/mol. The van der Waals surface area contributed by atoms with E-state index in [0.717, 1.165) is 23.3 Å². The minimum atomic E-state index is -4.43. The molecule has 0 saturated heterocycles. The smallest absolute Gasteiger partial charge is 0.416 e. The molecule has 3 aromatic rings. The number of carbonyl (C=O) groups is 2. The zero-order valence-corrected chi connectivity index (χ0v) is 18.3. The summed E-state index contributed by atoms with van der Waals surface area (Å²) < 4.78 is 38.5. The Hall–Kier alpha value is -3.61. The minimum absolute atomic E-state index is 0.114. The highest BCUT2D eigenvalue weighted by Crippen LogP contribution is 2.30. The number of aryl methyl sites for hydroxylation is 2. The SMILES string of the molecule is Cc1ccc(N(CCc2ccc(C(F)(F)F)cc2)C(=O)[C@@H](C(=O)O)c2ccccc2)cc1C. The summed E-state index contributed by atoms with van der Waals surface area (Å²) in [4.78, 5) is 26.9. The second-order valence-electron chi connectivity index (χ2n) is 7.89. The van der Waals surface area contributed by atoms with Crippen LogP contribution in [0.1, 0.15) is 33.7 Å². The summed E-state index contributed by atoms with van der Waals surface area (Å²) in [6.45, 7) is 3.93. The number of halogens is 3. The van der Waals surface area contributed by atoms with E-state index in [9.17, 15) is 27.9 Å². The van der Waals surface area contributed by atoms with Gasteiger partial charge in [-0.05, 0) is 66.8 Å². The number of carboxylic acid groups (broad SMARTS) is 1. The Morgan fingerprint density at radius 1 is 0.909 bits per heavy atom. The predicted octanol–water partition coefficient (Wildman–Crippen LogP) is 5.77. The summed E-state index contributed by atoms with van der Waals surface area (Å²) >= 11 is 0. The first-order valence-electron chi connectivity index (χ1n) is 10.4. The highest BCUT2D eigenvalue weighted by molar-refractivity contribution is 6.10. The van der Waals surface area contributed by atoms with Crippen molar-refractivity contribution in [2.45, 2.75) is 32.4 Å². The molecule has 0 unspecified atom stereocenters. The standard InChI is InChI=1S/C26H24F3NO3/c1-17-8-13-22(16-18(17)2)30(15-14-19-9-11-21(12-10-19)26(27,28)29)24(31)23(25(32)33)20-6-4-3-5-7-20/h3-13,16,23H,14-15H2,1-2H3,(H,32,33)/t23-/m0/s1. The summed E-state index contributed by atoms with van der Waals surface area (Å²) in [5.41, 5.74) is 2.72. The van der Waals surface area contributed by atoms with Gasteiger partial charge < -0.3 is 10.0 Å². The van der Waals surface area contributed by atoms with Gasteiger partial charge in [0.15, 0.2) is 5.92 Å². The summed E-state index contributed by atoms with van der Waals surface area (Å²) in [7, 11) is 0. The topological polar surface area (TPSA) is 57.6 Å². The van der Waals surface area contributed by atoms with Crippen molar-refractivity contribution in [3.05, 3.63) is 101 Å². The molecule has 0 aliphatic rings. The molecule has 0 bridgehead atoms. The van der Waals surface area contributed by atoms with Crippen molar-refractivity contribution in [1.29, 1.82) is 0 Å². The summed E-state index contributed by atoms with van der Waals surface area (Å²) in [6.07, 6.45) is -4.16. The van der Waals surface area contributed by atoms with E-state index >= 15 is 0 Å². The first kappa shape index (κ1) is 24.0. The highest BCUT2D eigenvalue weighted by Gasteiger charge is 2.33. The zero-order chi connectivity index (χ0) is 24.2. The van der Waals surface area contributed by atoms with E-state index in [1.165, 1.54) is 17.0 Å². The van der Waals surface area contributed by atoms with E-state index in [-0.39, 0.29) is 13.0 Å². The molecule has 1 amide bonds. The van der Waals surface area contributed by atoms with Crippen LogP contribution >= 0.6 is 0 Å². The molecular weight excluding hydrogens is 431 g/mol. The van der Waals surface area contributed by atoms with Crippen molar-refractivity contribution in [1.82, 2.24) is 0 Å². The van der Waals surface area contributed by atoms with Gasteiger partial charge in [0.05, 0.1) is 5.56 Å². The number of anilines is 1. The van der Waals surface area contributed by atoms with Gasteiger partial charge >= 0.3 is 12.1 Å². The lowest BCUT2D eigenvalue weighted by Crippen LogP contribution is -2.39. The Balaban J connectivity index is 1.93. The van der Waals surface area contributed by atoms with Crippen LogP contribution in [-0.2, 0) is 22.2 Å². The molecule has 3 rings (SSSR count). The Kier molecular flexibility index (Phi) is 7.21. The lowest BCUT2D eigenvalue weighted by Gasteiger charge is -2.27. The molecule has 0 spiro atoms. The second-order valence-corrected chi connectivity index (χ2v) is 7.89. The largest absolute Gasteiger partial charge is 0.480 e. The normalized spacial score (nSPS) is 12.3. The molecule has 0 radical (unpaired) electrons. The number of hydrogen-bond donors (Lipinski definition) is 1. The molecule has 0 aromatic heterocycles. The van der Waals surface area contributed by atoms with Crippen LogP contribution in [0.2, 0.25) is 0 Å². The first-order valence-corrected chi connectivity index (χ1v) is 10.4. The van der Waals surface area contributed by atoms with Gasteiger partial charge in [-0.1, -0.05) is 48.5 Å². The maximum atomic E-state index is 13.5. The van der Waals surface area contributed by atoms with Crippen LogP contribution in [0.5, 0.6) is 0 Å². The molecule has 33 heavy (non-hydrogen) atoms. The third kappa shape index (κ3) is 5.80. The quantitative estimate of drug-likeness (QED) is 0.461. The Bertz CT molecular complexity index is 1130. The fourth-order valence-electron chi connectivity index (χ4n) is 3.55. The van der Waals surface area contributed by atoms with Crippen LogP contribution in [0.25, 0.3) is 0 Å². The average molecular weight is 455 g/mol. The van der Waals surface area contributed by atoms with Gasteiger partial charge in [0.1, 0.15) is 0 Å². The van der Waals surface area contributed by atoms with E-state index in [0.29, 0.717) is 16.8 Å². The van der Waals surface area contributed by atoms with Crippen molar-refractivity contribution in [2.24, 2.45) is 0 Å². The van der Waals surface area contributed by atoms with Crippen LogP contribution in [-0.4, -0.2) is 23.5 Å². The first-order chi connectivity index (χ1) is 15.6. The van der Waals surface area contributed by atoms with Crippen LogP contribution < -0.4 is 4.90 Å². The molecule has 0 heterocycles. The van der Waals surface area contributed by atoms with E-state index < -0.39 is 29.5 Å². The van der Waals surface area contributed by atoms with Gasteiger partial charge in [0.25, 0.3) is 0 Å². The molecule has 0 saturated carbocycles. The molecule has 0 aliphatic carbocycles. The Labute approximate surface area is 190 Å². The van der Waals surface area contributed by atoms with Gasteiger partial charge in [0, 0.05) is 12.2 Å². The lowest BCUT2D eigenvalue weighted by atomic mass is 9.96. The van der Waals surface area contributed by atoms with Gasteiger partial charge in [0.2, 0.25) is 5.91 Å². The predicted molar refractivity (Wildman–Crippen MR) is 120 cm³/mol. The number of amides is 1. The van der Waals surface area contributed by atoms with Crippen LogP contribution in [0.15, 0.2) is 72.8 Å². The number of alkyl halides is 3. The van der Waals surface area contributed by atoms with E-state index in [4.69, 9.17) is 0 Å². The summed E-state index contributed by atoms with van der Waals surface area (Å²) in [5, 5.41) is 9.83. The van der Waals surface area contributed by atoms with Crippen molar-refractivity contribution in [2.75, 3.05) is 11.4 Å². The van der Waals surface area contributed by atoms with Crippen molar-refractivity contribution in [3.63, 3.8) is 0 Å². The molecule has 172 valence electrons. The van der Waals surface area contributed by atoms with Gasteiger partial charge in [-0.2, -0.15) is 13.2 Å². The van der Waals surface area contributed by atoms with Gasteiger partial charge in [-0.3, -0.25) is 9.59 Å². The van der Waals surface area contributed by atoms with Gasteiger partial charge in [-0.15, -0.1) is 0 Å². The maximum Gasteiger partial charge on any atom is 0.416 e. The molecule has 3 aromatic carbocycles. The average Bonchev–Trinajstić information content (AvgIpc) is 2.76. The van der Waals surface area contributed by atoms with Gasteiger partial charge in [-0.25, -0.2) is 0 Å². The third-order valence-electron chi connectivity index (χ3n) is 5.60. The van der Waals surface area contributed by atoms with Crippen LogP contribution in [0.4, 0.5) is 18.9 Å². The van der Waals surface area contributed by atoms with Crippen molar-refractivity contribution >= 4 is 17.6 Å². The Morgan fingerprint density at radius 3 is 2.09 bits per heavy atom. The third-order valence-corrected chi connectivity index (χ3v) is 5.60. The second kappa shape index (κ2) is 9.90. The number of benzene rings is 3. The van der Waals surface area contributed by atoms with E-state index in [2.05, 4.69) is 0 Å². The minimum Gasteiger partial charge on any atom is -0.480 e. The van der Waals surface area contributed by atoms with Crippen molar-refractivity contribution < 1.29 is 27.9 Å². The number of carboxylic acids is 1. The molecular formula is C26H24F3NO3. The molecule has 1 N–H and O–H groups in total. The number of hydrogen-bond acceptors (Lipinski definition) is 2. The molecule has 4 nitrogen and oxygen atoms in total. The molecule has 0 fully saturated rings. The molecule has 1 atom stereocenters. The Morgan fingerprint density at radius 2 is 1.55 bits per heavy atom. The molecule has 7 heteroatoms. The maximum absolute atomic E-state index is 13.5. The van der Waals surface area contributed by atoms with E-state index in [1.807, 2.05) is 26.0 Å². The highest BCUT2D eigenvalue weighted by atomic mass is 19.4. The fourth-order valence-corrected chi connectivity index (χ4v) is 3.55. The summed E-state index contributed by atoms with van der Waals surface area (Å²) in [6, 6.07) is 18.4. The fraction of sp³-hybridized carbons (Fsp3) is 0.231. The lowest BCUT2D eigenvalue weighted by molar-refractivity contribution is -0.142.